The third-order valence-corrected chi connectivity index (χ3v) is 3.98. The van der Waals surface area contributed by atoms with Crippen molar-refractivity contribution in [2.45, 2.75) is 19.8 Å². The minimum atomic E-state index is -0.138. The molecule has 0 aromatic heterocycles. The molecule has 1 aliphatic carbocycles. The number of fused-ring (bicyclic) bond motifs is 1. The number of anilines is 1. The van der Waals surface area contributed by atoms with Crippen LogP contribution in [0, 0.1) is 17.8 Å². The SMILES string of the molecule is CC1CC2C(=O)N(c3ccc(O)cc3)C(=O)C2C1. The van der Waals surface area contributed by atoms with Gasteiger partial charge in [0.15, 0.2) is 0 Å². The lowest BCUT2D eigenvalue weighted by molar-refractivity contribution is -0.123. The Labute approximate surface area is 105 Å². The second kappa shape index (κ2) is 3.83. The maximum Gasteiger partial charge on any atom is 0.237 e. The zero-order valence-electron chi connectivity index (χ0n) is 10.2. The van der Waals surface area contributed by atoms with E-state index in [1.807, 2.05) is 0 Å². The molecule has 4 heteroatoms. The van der Waals surface area contributed by atoms with Gasteiger partial charge in [0, 0.05) is 0 Å². The van der Waals surface area contributed by atoms with Crippen LogP contribution in [0.1, 0.15) is 19.8 Å². The van der Waals surface area contributed by atoms with Gasteiger partial charge in [-0.1, -0.05) is 6.92 Å². The van der Waals surface area contributed by atoms with Gasteiger partial charge in [-0.25, -0.2) is 0 Å². The van der Waals surface area contributed by atoms with E-state index < -0.39 is 0 Å². The van der Waals surface area contributed by atoms with Gasteiger partial charge in [0.05, 0.1) is 17.5 Å². The van der Waals surface area contributed by atoms with Crippen molar-refractivity contribution in [2.24, 2.45) is 17.8 Å². The van der Waals surface area contributed by atoms with Gasteiger partial charge >= 0.3 is 0 Å². The van der Waals surface area contributed by atoms with Crippen LogP contribution in [0.15, 0.2) is 24.3 Å². The van der Waals surface area contributed by atoms with E-state index in [4.69, 9.17) is 0 Å². The Bertz CT molecular complexity index is 484. The van der Waals surface area contributed by atoms with Gasteiger partial charge in [0.25, 0.3) is 0 Å². The van der Waals surface area contributed by atoms with E-state index in [2.05, 4.69) is 6.92 Å². The molecule has 1 aromatic carbocycles. The van der Waals surface area contributed by atoms with Crippen molar-refractivity contribution in [3.63, 3.8) is 0 Å². The van der Waals surface area contributed by atoms with Crippen molar-refractivity contribution in [3.05, 3.63) is 24.3 Å². The van der Waals surface area contributed by atoms with E-state index in [0.717, 1.165) is 12.8 Å². The number of amides is 2. The monoisotopic (exact) mass is 245 g/mol. The average molecular weight is 245 g/mol. The van der Waals surface area contributed by atoms with Crippen LogP contribution in [-0.2, 0) is 9.59 Å². The van der Waals surface area contributed by atoms with Crippen LogP contribution in [-0.4, -0.2) is 16.9 Å². The quantitative estimate of drug-likeness (QED) is 0.769. The lowest BCUT2D eigenvalue weighted by atomic mass is 10.00. The maximum atomic E-state index is 12.3. The van der Waals surface area contributed by atoms with Crippen LogP contribution in [0.25, 0.3) is 0 Å². The molecule has 18 heavy (non-hydrogen) atoms. The molecule has 0 spiro atoms. The number of aromatic hydroxyl groups is 1. The number of hydrogen-bond donors (Lipinski definition) is 1. The molecule has 2 atom stereocenters. The minimum absolute atomic E-state index is 0.0833. The predicted molar refractivity (Wildman–Crippen MR) is 66.0 cm³/mol. The molecule has 2 fully saturated rings. The predicted octanol–water partition coefficient (Wildman–Crippen LogP) is 1.93. The Balaban J connectivity index is 1.93. The lowest BCUT2D eigenvalue weighted by Gasteiger charge is -2.16. The largest absolute Gasteiger partial charge is 0.508 e. The van der Waals surface area contributed by atoms with Gasteiger partial charge in [0.2, 0.25) is 11.8 Å². The van der Waals surface area contributed by atoms with Crippen LogP contribution < -0.4 is 4.90 Å². The first kappa shape index (κ1) is 11.3. The van der Waals surface area contributed by atoms with Gasteiger partial charge in [-0.15, -0.1) is 0 Å². The van der Waals surface area contributed by atoms with Gasteiger partial charge in [-0.05, 0) is 43.0 Å². The molecule has 0 radical (unpaired) electrons. The number of hydrogen-bond acceptors (Lipinski definition) is 3. The molecule has 2 unspecified atom stereocenters. The van der Waals surface area contributed by atoms with Crippen LogP contribution in [0.5, 0.6) is 5.75 Å². The maximum absolute atomic E-state index is 12.3. The topological polar surface area (TPSA) is 57.6 Å². The first-order chi connectivity index (χ1) is 8.58. The molecule has 1 N–H and O–H groups in total. The highest BCUT2D eigenvalue weighted by molar-refractivity contribution is 6.22. The summed E-state index contributed by atoms with van der Waals surface area (Å²) < 4.78 is 0. The van der Waals surface area contributed by atoms with Crippen LogP contribution >= 0.6 is 0 Å². The highest BCUT2D eigenvalue weighted by Crippen LogP contribution is 2.44. The third-order valence-electron chi connectivity index (χ3n) is 3.98. The summed E-state index contributed by atoms with van der Waals surface area (Å²) in [5.74, 6) is 0.143. The Morgan fingerprint density at radius 2 is 1.56 bits per heavy atom. The smallest absolute Gasteiger partial charge is 0.237 e. The fourth-order valence-electron chi connectivity index (χ4n) is 3.13. The number of carbonyl (C=O) groups excluding carboxylic acids is 2. The standard InChI is InChI=1S/C14H15NO3/c1-8-6-11-12(7-8)14(18)15(13(11)17)9-2-4-10(16)5-3-9/h2-5,8,11-12,16H,6-7H2,1H3. The number of imide groups is 1. The van der Waals surface area contributed by atoms with E-state index in [0.29, 0.717) is 11.6 Å². The number of carbonyl (C=O) groups is 2. The fraction of sp³-hybridized carbons (Fsp3) is 0.429. The molecule has 3 rings (SSSR count). The number of rotatable bonds is 1. The number of nitrogens with zero attached hydrogens (tertiary/aromatic N) is 1. The Morgan fingerprint density at radius 3 is 2.06 bits per heavy atom. The Morgan fingerprint density at radius 1 is 1.06 bits per heavy atom. The fourth-order valence-corrected chi connectivity index (χ4v) is 3.13. The van der Waals surface area contributed by atoms with Crippen molar-refractivity contribution >= 4 is 17.5 Å². The zero-order valence-corrected chi connectivity index (χ0v) is 10.2. The van der Waals surface area contributed by atoms with Crippen molar-refractivity contribution in [1.29, 1.82) is 0 Å². The van der Waals surface area contributed by atoms with Crippen LogP contribution in [0.3, 0.4) is 0 Å². The first-order valence-electron chi connectivity index (χ1n) is 6.25. The number of phenolic OH excluding ortho intramolecular Hbond substituents is 1. The molecule has 1 saturated carbocycles. The molecular weight excluding hydrogens is 230 g/mol. The molecule has 1 aliphatic heterocycles. The first-order valence-corrected chi connectivity index (χ1v) is 6.25. The van der Waals surface area contributed by atoms with Gasteiger partial charge < -0.3 is 5.11 Å². The zero-order chi connectivity index (χ0) is 12.9. The molecule has 1 aromatic rings. The second-order valence-corrected chi connectivity index (χ2v) is 5.32. The summed E-state index contributed by atoms with van der Waals surface area (Å²) in [6, 6.07) is 6.20. The highest BCUT2D eigenvalue weighted by atomic mass is 16.3. The minimum Gasteiger partial charge on any atom is -0.508 e. The summed E-state index contributed by atoms with van der Waals surface area (Å²) in [5.41, 5.74) is 0.560. The summed E-state index contributed by atoms with van der Waals surface area (Å²) in [5, 5.41) is 9.24. The number of benzene rings is 1. The molecule has 2 amide bonds. The van der Waals surface area contributed by atoms with Crippen molar-refractivity contribution in [1.82, 2.24) is 0 Å². The molecule has 0 bridgehead atoms. The van der Waals surface area contributed by atoms with Crippen LogP contribution in [0.4, 0.5) is 5.69 Å². The van der Waals surface area contributed by atoms with Crippen molar-refractivity contribution in [3.8, 4) is 5.75 Å². The summed E-state index contributed by atoms with van der Waals surface area (Å²) >= 11 is 0. The Hall–Kier alpha value is -1.84. The van der Waals surface area contributed by atoms with Gasteiger partial charge in [-0.3, -0.25) is 14.5 Å². The summed E-state index contributed by atoms with van der Waals surface area (Å²) in [6.45, 7) is 2.09. The molecule has 1 saturated heterocycles. The van der Waals surface area contributed by atoms with Crippen molar-refractivity contribution < 1.29 is 14.7 Å². The summed E-state index contributed by atoms with van der Waals surface area (Å²) in [6.07, 6.45) is 1.62. The second-order valence-electron chi connectivity index (χ2n) is 5.32. The molecular formula is C14H15NO3. The third kappa shape index (κ3) is 1.52. The highest BCUT2D eigenvalue weighted by Gasteiger charge is 2.52. The summed E-state index contributed by atoms with van der Waals surface area (Å²) in [4.78, 5) is 25.8. The lowest BCUT2D eigenvalue weighted by Crippen LogP contribution is -2.31. The normalized spacial score (nSPS) is 30.9. The van der Waals surface area contributed by atoms with E-state index in [-0.39, 0.29) is 29.4 Å². The van der Waals surface area contributed by atoms with E-state index in [1.54, 1.807) is 12.1 Å². The van der Waals surface area contributed by atoms with E-state index in [1.165, 1.54) is 17.0 Å². The molecule has 94 valence electrons. The summed E-state index contributed by atoms with van der Waals surface area (Å²) in [7, 11) is 0. The van der Waals surface area contributed by atoms with Crippen molar-refractivity contribution in [2.75, 3.05) is 4.90 Å². The van der Waals surface area contributed by atoms with E-state index >= 15 is 0 Å². The van der Waals surface area contributed by atoms with Gasteiger partial charge in [-0.2, -0.15) is 0 Å². The molecule has 4 nitrogen and oxygen atoms in total. The van der Waals surface area contributed by atoms with E-state index in [9.17, 15) is 14.7 Å². The molecule has 2 aliphatic rings. The average Bonchev–Trinajstić information content (AvgIpc) is 2.82. The van der Waals surface area contributed by atoms with Crippen LogP contribution in [0.2, 0.25) is 0 Å². The van der Waals surface area contributed by atoms with Gasteiger partial charge in [0.1, 0.15) is 5.75 Å². The number of phenols is 1. The molecule has 1 heterocycles. The Kier molecular flexibility index (Phi) is 2.40.